The minimum absolute atomic E-state index is 0.0889. The van der Waals surface area contributed by atoms with Crippen molar-refractivity contribution >= 4 is 29.0 Å². The Bertz CT molecular complexity index is 1270. The van der Waals surface area contributed by atoms with E-state index in [-0.39, 0.29) is 29.4 Å². The van der Waals surface area contributed by atoms with Gasteiger partial charge in [0, 0.05) is 25.6 Å². The maximum atomic E-state index is 12.5. The molecule has 0 bridgehead atoms. The van der Waals surface area contributed by atoms with Gasteiger partial charge in [0.2, 0.25) is 5.82 Å². The van der Waals surface area contributed by atoms with E-state index in [1.54, 1.807) is 4.90 Å². The maximum absolute atomic E-state index is 12.5. The number of aromatic nitrogens is 4. The van der Waals surface area contributed by atoms with Gasteiger partial charge in [-0.25, -0.2) is 19.7 Å². The highest BCUT2D eigenvalue weighted by molar-refractivity contribution is 5.83. The molecule has 1 aliphatic carbocycles. The van der Waals surface area contributed by atoms with Gasteiger partial charge in [-0.05, 0) is 43.4 Å². The number of aliphatic hydroxyl groups excluding tert-OH is 2. The highest BCUT2D eigenvalue weighted by Gasteiger charge is 2.48. The topological polar surface area (TPSA) is 178 Å². The summed E-state index contributed by atoms with van der Waals surface area (Å²) < 4.78 is 12.5. The van der Waals surface area contributed by atoms with Crippen molar-refractivity contribution < 1.29 is 29.3 Å². The van der Waals surface area contributed by atoms with Crippen LogP contribution in [0.3, 0.4) is 0 Å². The molecule has 2 saturated heterocycles. The minimum Gasteiger partial charge on any atom is -0.449 e. The molecule has 13 nitrogen and oxygen atoms in total. The van der Waals surface area contributed by atoms with E-state index >= 15 is 0 Å². The van der Waals surface area contributed by atoms with Crippen LogP contribution in [0.1, 0.15) is 58.0 Å². The number of carbonyl (C=O) groups is 2. The van der Waals surface area contributed by atoms with Crippen LogP contribution in [0.15, 0.2) is 6.33 Å². The standard InChI is InChI=1S/C26H35N7O6/c1-14(2)12-38-26(37)32-10-8-15(9-11-32)4-3-5-17-30-22(27)18-23(31-17)33(13-28-18)25-20(35)19(34)21(39-25)24(36)29-16-6-7-16/h13-16,19-21,25,34-35H,4,6-12H2,1-2H3,(H,29,36)(H2,27,30,31)/t19-,20?,21+,25-/m1/s1. The number of hydrogen-bond acceptors (Lipinski definition) is 10. The molecular weight excluding hydrogens is 506 g/mol. The lowest BCUT2D eigenvalue weighted by Crippen LogP contribution is -2.43. The van der Waals surface area contributed by atoms with Crippen LogP contribution in [0, 0.1) is 23.7 Å². The fraction of sp³-hybridized carbons (Fsp3) is 0.654. The van der Waals surface area contributed by atoms with Crippen LogP contribution in [-0.4, -0.2) is 90.7 Å². The fourth-order valence-electron chi connectivity index (χ4n) is 4.72. The summed E-state index contributed by atoms with van der Waals surface area (Å²) in [6.07, 6.45) is 0.0726. The van der Waals surface area contributed by atoms with Gasteiger partial charge in [-0.3, -0.25) is 9.36 Å². The van der Waals surface area contributed by atoms with Crippen molar-refractivity contribution in [2.24, 2.45) is 11.8 Å². The van der Waals surface area contributed by atoms with Crippen molar-refractivity contribution in [3.63, 3.8) is 0 Å². The smallest absolute Gasteiger partial charge is 0.409 e. The Labute approximate surface area is 226 Å². The monoisotopic (exact) mass is 541 g/mol. The van der Waals surface area contributed by atoms with E-state index in [1.807, 2.05) is 13.8 Å². The largest absolute Gasteiger partial charge is 0.449 e. The fourth-order valence-corrected chi connectivity index (χ4v) is 4.72. The van der Waals surface area contributed by atoms with Gasteiger partial charge in [0.15, 0.2) is 23.8 Å². The van der Waals surface area contributed by atoms with E-state index in [0.717, 1.165) is 25.7 Å². The lowest BCUT2D eigenvalue weighted by Gasteiger charge is -2.30. The Kier molecular flexibility index (Phi) is 7.88. The number of nitrogen functional groups attached to an aromatic ring is 1. The van der Waals surface area contributed by atoms with Crippen molar-refractivity contribution in [2.45, 2.75) is 76.5 Å². The zero-order valence-electron chi connectivity index (χ0n) is 22.1. The number of amides is 2. The average Bonchev–Trinajstić information content (AvgIpc) is 3.55. The molecule has 210 valence electrons. The van der Waals surface area contributed by atoms with Gasteiger partial charge < -0.3 is 35.6 Å². The molecule has 4 heterocycles. The van der Waals surface area contributed by atoms with Gasteiger partial charge in [-0.2, -0.15) is 0 Å². The maximum Gasteiger partial charge on any atom is 0.409 e. The number of piperidine rings is 1. The van der Waals surface area contributed by atoms with Crippen LogP contribution < -0.4 is 11.1 Å². The minimum atomic E-state index is -1.41. The first-order valence-corrected chi connectivity index (χ1v) is 13.4. The quantitative estimate of drug-likeness (QED) is 0.378. The molecule has 3 fully saturated rings. The predicted molar refractivity (Wildman–Crippen MR) is 139 cm³/mol. The number of fused-ring (bicyclic) bond motifs is 1. The van der Waals surface area contributed by atoms with Crippen LogP contribution in [-0.2, 0) is 14.3 Å². The molecule has 39 heavy (non-hydrogen) atoms. The third-order valence-electron chi connectivity index (χ3n) is 7.15. The Morgan fingerprint density at radius 2 is 1.95 bits per heavy atom. The first-order chi connectivity index (χ1) is 18.7. The zero-order chi connectivity index (χ0) is 27.7. The molecule has 5 N–H and O–H groups in total. The summed E-state index contributed by atoms with van der Waals surface area (Å²) in [6, 6.07) is 0.0889. The number of aliphatic hydroxyl groups is 2. The second kappa shape index (κ2) is 11.3. The second-order valence-corrected chi connectivity index (χ2v) is 10.9. The number of anilines is 1. The predicted octanol–water partition coefficient (Wildman–Crippen LogP) is 0.553. The molecule has 1 saturated carbocycles. The Morgan fingerprint density at radius 1 is 1.21 bits per heavy atom. The number of nitrogens with zero attached hydrogens (tertiary/aromatic N) is 5. The number of nitrogens with one attached hydrogen (secondary N) is 1. The van der Waals surface area contributed by atoms with Crippen LogP contribution in [0.5, 0.6) is 0 Å². The second-order valence-electron chi connectivity index (χ2n) is 10.9. The first-order valence-electron chi connectivity index (χ1n) is 13.4. The van der Waals surface area contributed by atoms with Crippen molar-refractivity contribution in [2.75, 3.05) is 25.4 Å². The Hall–Kier alpha value is -3.47. The van der Waals surface area contributed by atoms with Crippen molar-refractivity contribution in [1.82, 2.24) is 29.7 Å². The summed E-state index contributed by atoms with van der Waals surface area (Å²) in [5.74, 6) is 6.56. The van der Waals surface area contributed by atoms with Crippen molar-refractivity contribution in [3.05, 3.63) is 12.2 Å². The van der Waals surface area contributed by atoms with Crippen LogP contribution in [0.2, 0.25) is 0 Å². The summed E-state index contributed by atoms with van der Waals surface area (Å²) in [5.41, 5.74) is 6.69. The average molecular weight is 542 g/mol. The number of imidazole rings is 1. The van der Waals surface area contributed by atoms with Gasteiger partial charge >= 0.3 is 6.09 Å². The van der Waals surface area contributed by atoms with E-state index < -0.39 is 30.4 Å². The summed E-state index contributed by atoms with van der Waals surface area (Å²) in [4.78, 5) is 39.3. The number of carbonyl (C=O) groups excluding carboxylic acids is 2. The summed E-state index contributed by atoms with van der Waals surface area (Å²) in [6.45, 7) is 5.69. The van der Waals surface area contributed by atoms with Crippen molar-refractivity contribution in [3.8, 4) is 11.8 Å². The number of hydrogen-bond donors (Lipinski definition) is 4. The molecule has 1 unspecified atom stereocenters. The lowest BCUT2D eigenvalue weighted by molar-refractivity contribution is -0.137. The van der Waals surface area contributed by atoms with Gasteiger partial charge in [0.05, 0.1) is 12.9 Å². The number of likely N-dealkylation sites (tertiary alicyclic amines) is 1. The molecule has 3 aliphatic rings. The van der Waals surface area contributed by atoms with E-state index in [2.05, 4.69) is 32.1 Å². The van der Waals surface area contributed by atoms with E-state index in [1.165, 1.54) is 10.9 Å². The molecular formula is C26H35N7O6. The van der Waals surface area contributed by atoms with E-state index in [4.69, 9.17) is 15.2 Å². The third-order valence-corrected chi connectivity index (χ3v) is 7.15. The molecule has 5 rings (SSSR count). The van der Waals surface area contributed by atoms with Crippen LogP contribution >= 0.6 is 0 Å². The normalized spacial score (nSPS) is 25.5. The highest BCUT2D eigenvalue weighted by atomic mass is 16.6. The van der Waals surface area contributed by atoms with Gasteiger partial charge in [-0.1, -0.05) is 19.8 Å². The first kappa shape index (κ1) is 27.1. The molecule has 2 aromatic heterocycles. The molecule has 4 atom stereocenters. The molecule has 0 aromatic carbocycles. The molecule has 2 aliphatic heterocycles. The molecule has 13 heteroatoms. The van der Waals surface area contributed by atoms with Gasteiger partial charge in [-0.15, -0.1) is 0 Å². The molecule has 0 spiro atoms. The Morgan fingerprint density at radius 3 is 2.64 bits per heavy atom. The Balaban J connectivity index is 1.23. The summed E-state index contributed by atoms with van der Waals surface area (Å²) >= 11 is 0. The summed E-state index contributed by atoms with van der Waals surface area (Å²) in [7, 11) is 0. The highest BCUT2D eigenvalue weighted by Crippen LogP contribution is 2.33. The van der Waals surface area contributed by atoms with Crippen LogP contribution in [0.4, 0.5) is 10.6 Å². The number of rotatable bonds is 6. The SMILES string of the molecule is CC(C)COC(=O)N1CCC(CC#Cc2nc(N)c3ncn([C@@H]4O[C@H](C(=O)NC5CC5)[C@H](O)C4O)c3n2)CC1. The summed E-state index contributed by atoms with van der Waals surface area (Å²) in [5, 5.41) is 23.9. The van der Waals surface area contributed by atoms with E-state index in [9.17, 15) is 19.8 Å². The van der Waals surface area contributed by atoms with E-state index in [0.29, 0.717) is 43.5 Å². The molecule has 2 aromatic rings. The zero-order valence-corrected chi connectivity index (χ0v) is 22.1. The van der Waals surface area contributed by atoms with Gasteiger partial charge in [0.25, 0.3) is 5.91 Å². The number of nitrogens with two attached hydrogens (primary N) is 1. The molecule has 2 amide bonds. The lowest BCUT2D eigenvalue weighted by atomic mass is 9.94. The molecule has 0 radical (unpaired) electrons. The van der Waals surface area contributed by atoms with Crippen molar-refractivity contribution in [1.29, 1.82) is 0 Å². The number of ether oxygens (including phenoxy) is 2. The van der Waals surface area contributed by atoms with Crippen LogP contribution in [0.25, 0.3) is 11.2 Å². The third kappa shape index (κ3) is 6.08. The van der Waals surface area contributed by atoms with Gasteiger partial charge in [0.1, 0.15) is 17.7 Å².